The van der Waals surface area contributed by atoms with Gasteiger partial charge in [-0.1, -0.05) is 50.2 Å². The zero-order valence-corrected chi connectivity index (χ0v) is 24.3. The fourth-order valence-electron chi connectivity index (χ4n) is 4.57. The van der Waals surface area contributed by atoms with Crippen molar-refractivity contribution >= 4 is 17.9 Å². The standard InChI is InChI=1S/C33H30O12/c1-33(2,24-6-10-26(11-7-24)44-32(38)28-14-3-20(17-41-39)15-29(28)31(36)37)25-8-12-27(13-9-25)45-43-19-22-5-4-21(30(34)35)16-23(22)18-42-40/h3-16,39-40H,17-19H2,1-2H3,(H,34,35)(H,36,37). The van der Waals surface area contributed by atoms with Crippen molar-refractivity contribution in [2.75, 3.05) is 0 Å². The lowest BCUT2D eigenvalue weighted by atomic mass is 9.78. The minimum Gasteiger partial charge on any atom is -0.478 e. The summed E-state index contributed by atoms with van der Waals surface area (Å²) in [5.41, 5.74) is 2.41. The third-order valence-corrected chi connectivity index (χ3v) is 7.17. The van der Waals surface area contributed by atoms with E-state index in [1.54, 1.807) is 42.5 Å². The van der Waals surface area contributed by atoms with E-state index in [2.05, 4.69) is 9.78 Å². The highest BCUT2D eigenvalue weighted by Crippen LogP contribution is 2.33. The van der Waals surface area contributed by atoms with Crippen molar-refractivity contribution in [2.45, 2.75) is 39.1 Å². The van der Waals surface area contributed by atoms with Crippen molar-refractivity contribution in [3.05, 3.63) is 129 Å². The Morgan fingerprint density at radius 2 is 1.27 bits per heavy atom. The monoisotopic (exact) mass is 618 g/mol. The molecule has 0 atom stereocenters. The van der Waals surface area contributed by atoms with E-state index < -0.39 is 23.3 Å². The number of carbonyl (C=O) groups is 3. The smallest absolute Gasteiger partial charge is 0.344 e. The number of esters is 1. The maximum Gasteiger partial charge on any atom is 0.344 e. The Bertz CT molecular complexity index is 1660. The van der Waals surface area contributed by atoms with Gasteiger partial charge in [-0.3, -0.25) is 10.5 Å². The van der Waals surface area contributed by atoms with Crippen molar-refractivity contribution in [1.29, 1.82) is 0 Å². The van der Waals surface area contributed by atoms with Crippen LogP contribution in [-0.4, -0.2) is 38.6 Å². The Labute approximate surface area is 257 Å². The molecule has 0 fully saturated rings. The predicted molar refractivity (Wildman–Crippen MR) is 157 cm³/mol. The molecule has 4 aromatic carbocycles. The van der Waals surface area contributed by atoms with Gasteiger partial charge in [-0.2, -0.15) is 4.89 Å². The van der Waals surface area contributed by atoms with Gasteiger partial charge in [0.2, 0.25) is 0 Å². The SMILES string of the molecule is CC(C)(c1ccc(OOCc2ccc(C(=O)O)cc2COO)cc1)c1ccc(OC(=O)c2ccc(COO)cc2C(=O)O)cc1. The Morgan fingerprint density at radius 1 is 0.644 bits per heavy atom. The minimum atomic E-state index is -1.32. The van der Waals surface area contributed by atoms with Crippen LogP contribution in [0.4, 0.5) is 0 Å². The fraction of sp³-hybridized carbons (Fsp3) is 0.182. The minimum absolute atomic E-state index is 0.0234. The Kier molecular flexibility index (Phi) is 10.6. The number of ether oxygens (including phenoxy) is 1. The summed E-state index contributed by atoms with van der Waals surface area (Å²) in [6, 6.07) is 22.4. The molecule has 0 amide bonds. The molecule has 4 aromatic rings. The number of carboxylic acid groups (broad SMARTS) is 2. The first-order valence-electron chi connectivity index (χ1n) is 13.5. The number of hydrogen-bond acceptors (Lipinski definition) is 10. The number of rotatable bonds is 14. The largest absolute Gasteiger partial charge is 0.478 e. The van der Waals surface area contributed by atoms with Gasteiger partial charge >= 0.3 is 17.9 Å². The van der Waals surface area contributed by atoms with Crippen molar-refractivity contribution < 1.29 is 59.4 Å². The molecule has 0 aromatic heterocycles. The molecule has 4 N–H and O–H groups in total. The van der Waals surface area contributed by atoms with Gasteiger partial charge in [-0.25, -0.2) is 24.2 Å². The van der Waals surface area contributed by atoms with Crippen LogP contribution in [-0.2, 0) is 39.9 Å². The van der Waals surface area contributed by atoms with Gasteiger partial charge in [0.15, 0.2) is 5.75 Å². The molecule has 0 spiro atoms. The van der Waals surface area contributed by atoms with Crippen LogP contribution in [0.5, 0.6) is 11.5 Å². The maximum atomic E-state index is 12.8. The molecule has 0 heterocycles. The molecule has 0 saturated carbocycles. The van der Waals surface area contributed by atoms with Crippen molar-refractivity contribution in [3.8, 4) is 11.5 Å². The van der Waals surface area contributed by atoms with Crippen molar-refractivity contribution in [3.63, 3.8) is 0 Å². The number of carboxylic acids is 2. The summed E-state index contributed by atoms with van der Waals surface area (Å²) in [5, 5.41) is 36.1. The van der Waals surface area contributed by atoms with Crippen molar-refractivity contribution in [1.82, 2.24) is 0 Å². The third-order valence-electron chi connectivity index (χ3n) is 7.17. The average molecular weight is 619 g/mol. The van der Waals surface area contributed by atoms with Crippen molar-refractivity contribution in [2.24, 2.45) is 0 Å². The van der Waals surface area contributed by atoms with Crippen LogP contribution >= 0.6 is 0 Å². The van der Waals surface area contributed by atoms with E-state index in [9.17, 15) is 19.5 Å². The summed E-state index contributed by atoms with van der Waals surface area (Å²) in [6.45, 7) is 3.57. The lowest BCUT2D eigenvalue weighted by Crippen LogP contribution is -2.19. The van der Waals surface area contributed by atoms with Gasteiger partial charge in [-0.05, 0) is 76.3 Å². The number of hydrogen-bond donors (Lipinski definition) is 4. The van der Waals surface area contributed by atoms with E-state index in [1.165, 1.54) is 30.3 Å². The maximum absolute atomic E-state index is 12.8. The highest BCUT2D eigenvalue weighted by Gasteiger charge is 2.24. The number of benzene rings is 4. The number of carbonyl (C=O) groups excluding carboxylic acids is 1. The summed E-state index contributed by atoms with van der Waals surface area (Å²) < 4.78 is 5.43. The van der Waals surface area contributed by atoms with Crippen LogP contribution < -0.4 is 9.62 Å². The van der Waals surface area contributed by atoms with Crippen LogP contribution in [0.2, 0.25) is 0 Å². The lowest BCUT2D eigenvalue weighted by Gasteiger charge is -2.26. The number of aromatic carboxylic acids is 2. The van der Waals surface area contributed by atoms with E-state index in [1.807, 2.05) is 26.0 Å². The predicted octanol–water partition coefficient (Wildman–Crippen LogP) is 6.12. The zero-order chi connectivity index (χ0) is 32.6. The first kappa shape index (κ1) is 32.8. The zero-order valence-electron chi connectivity index (χ0n) is 24.3. The average Bonchev–Trinajstić information content (AvgIpc) is 3.02. The van der Waals surface area contributed by atoms with E-state index in [4.69, 9.17) is 30.1 Å². The van der Waals surface area contributed by atoms with Gasteiger partial charge in [0.05, 0.1) is 16.7 Å². The summed E-state index contributed by atoms with van der Waals surface area (Å²) in [4.78, 5) is 54.6. The Balaban J connectivity index is 1.39. The molecule has 0 aliphatic rings. The molecule has 0 aliphatic carbocycles. The quantitative estimate of drug-likeness (QED) is 0.0552. The van der Waals surface area contributed by atoms with E-state index >= 15 is 0 Å². The summed E-state index contributed by atoms with van der Waals surface area (Å²) in [6.07, 6.45) is 0. The molecule has 234 valence electrons. The fourth-order valence-corrected chi connectivity index (χ4v) is 4.57. The van der Waals surface area contributed by atoms with Gasteiger partial charge in [0.1, 0.15) is 25.6 Å². The Hall–Kier alpha value is -5.11. The normalized spacial score (nSPS) is 11.2. The summed E-state index contributed by atoms with van der Waals surface area (Å²) >= 11 is 0. The summed E-state index contributed by atoms with van der Waals surface area (Å²) in [7, 11) is 0. The molecule has 0 bridgehead atoms. The third kappa shape index (κ3) is 8.09. The first-order chi connectivity index (χ1) is 21.5. The van der Waals surface area contributed by atoms with Gasteiger partial charge in [-0.15, -0.1) is 0 Å². The van der Waals surface area contributed by atoms with E-state index in [0.29, 0.717) is 22.4 Å². The van der Waals surface area contributed by atoms with Gasteiger partial charge in [0.25, 0.3) is 0 Å². The highest BCUT2D eigenvalue weighted by atomic mass is 17.2. The highest BCUT2D eigenvalue weighted by molar-refractivity contribution is 6.03. The molecule has 0 radical (unpaired) electrons. The first-order valence-corrected chi connectivity index (χ1v) is 13.5. The van der Waals surface area contributed by atoms with Crippen LogP contribution in [0.1, 0.15) is 72.7 Å². The van der Waals surface area contributed by atoms with Crippen LogP contribution in [0.25, 0.3) is 0 Å². The van der Waals surface area contributed by atoms with E-state index in [0.717, 1.165) is 11.1 Å². The molecule has 12 heteroatoms. The van der Waals surface area contributed by atoms with Crippen LogP contribution in [0, 0.1) is 0 Å². The van der Waals surface area contributed by atoms with Crippen LogP contribution in [0.3, 0.4) is 0 Å². The Morgan fingerprint density at radius 3 is 1.84 bits per heavy atom. The second-order valence-corrected chi connectivity index (χ2v) is 10.4. The molecule has 0 saturated heterocycles. The van der Waals surface area contributed by atoms with Gasteiger partial charge < -0.3 is 19.8 Å². The molecular weight excluding hydrogens is 588 g/mol. The second kappa shape index (κ2) is 14.6. The topological polar surface area (TPSA) is 178 Å². The second-order valence-electron chi connectivity index (χ2n) is 10.4. The van der Waals surface area contributed by atoms with Gasteiger partial charge in [0, 0.05) is 5.41 Å². The molecule has 0 aliphatic heterocycles. The molecule has 0 unspecified atom stereocenters. The summed E-state index contributed by atoms with van der Waals surface area (Å²) in [5.74, 6) is -2.62. The molecule has 45 heavy (non-hydrogen) atoms. The molecule has 12 nitrogen and oxygen atoms in total. The lowest BCUT2D eigenvalue weighted by molar-refractivity contribution is -0.253. The molecule has 4 rings (SSSR count). The van der Waals surface area contributed by atoms with E-state index in [-0.39, 0.29) is 42.3 Å². The molecular formula is C33H30O12. The van der Waals surface area contributed by atoms with Crippen LogP contribution in [0.15, 0.2) is 84.9 Å².